The van der Waals surface area contributed by atoms with Gasteiger partial charge >= 0.3 is 0 Å². The van der Waals surface area contributed by atoms with E-state index in [1.165, 1.54) is 30.8 Å². The van der Waals surface area contributed by atoms with Crippen LogP contribution in [0.3, 0.4) is 0 Å². The minimum Gasteiger partial charge on any atom is -0.619 e. The monoisotopic (exact) mass is 325 g/mol. The molecule has 1 aromatic carbocycles. The second kappa shape index (κ2) is 7.45. The van der Waals surface area contributed by atoms with E-state index in [2.05, 4.69) is 17.1 Å². The van der Waals surface area contributed by atoms with Gasteiger partial charge in [-0.1, -0.05) is 19.1 Å². The predicted octanol–water partition coefficient (Wildman–Crippen LogP) is 2.80. The van der Waals surface area contributed by atoms with Gasteiger partial charge in [-0.2, -0.15) is 4.73 Å². The summed E-state index contributed by atoms with van der Waals surface area (Å²) >= 11 is 0. The lowest BCUT2D eigenvalue weighted by Crippen LogP contribution is -2.33. The average Bonchev–Trinajstić information content (AvgIpc) is 2.57. The zero-order valence-electron chi connectivity index (χ0n) is 13.9. The van der Waals surface area contributed by atoms with Gasteiger partial charge in [-0.15, -0.1) is 0 Å². The maximum atomic E-state index is 12.1. The van der Waals surface area contributed by atoms with Gasteiger partial charge in [0.25, 0.3) is 5.91 Å². The fraction of sp³-hybridized carbons (Fsp3) is 0.368. The summed E-state index contributed by atoms with van der Waals surface area (Å²) in [6.45, 7) is 5.57. The number of benzene rings is 1. The number of amides is 1. The van der Waals surface area contributed by atoms with E-state index in [1.807, 2.05) is 24.3 Å². The van der Waals surface area contributed by atoms with Crippen LogP contribution < -0.4 is 10.0 Å². The molecule has 1 aliphatic rings. The number of hydrogen-bond donors (Lipinski definition) is 1. The van der Waals surface area contributed by atoms with Crippen molar-refractivity contribution in [3.05, 3.63) is 65.1 Å². The molecule has 1 amide bonds. The number of anilines is 1. The number of likely N-dealkylation sites (tertiary alicyclic amines) is 1. The Morgan fingerprint density at radius 3 is 2.83 bits per heavy atom. The molecule has 5 nitrogen and oxygen atoms in total. The first kappa shape index (κ1) is 16.5. The smallest absolute Gasteiger partial charge is 0.261 e. The first-order valence-electron chi connectivity index (χ1n) is 8.41. The van der Waals surface area contributed by atoms with Crippen LogP contribution in [0.1, 0.15) is 35.7 Å². The van der Waals surface area contributed by atoms with Gasteiger partial charge in [0.1, 0.15) is 5.56 Å². The van der Waals surface area contributed by atoms with E-state index in [9.17, 15) is 10.0 Å². The van der Waals surface area contributed by atoms with Crippen molar-refractivity contribution in [2.24, 2.45) is 5.92 Å². The minimum atomic E-state index is -0.280. The number of aromatic nitrogens is 1. The highest BCUT2D eigenvalue weighted by atomic mass is 16.5. The fourth-order valence-corrected chi connectivity index (χ4v) is 3.17. The van der Waals surface area contributed by atoms with Crippen molar-refractivity contribution in [1.82, 2.24) is 4.90 Å². The zero-order chi connectivity index (χ0) is 16.9. The second-order valence-electron chi connectivity index (χ2n) is 6.59. The molecule has 0 saturated carbocycles. The number of carbonyl (C=O) groups excluding carboxylic acids is 1. The Morgan fingerprint density at radius 1 is 1.33 bits per heavy atom. The van der Waals surface area contributed by atoms with E-state index in [4.69, 9.17) is 0 Å². The normalized spacial score (nSPS) is 18.3. The van der Waals surface area contributed by atoms with Crippen LogP contribution in [-0.4, -0.2) is 23.9 Å². The van der Waals surface area contributed by atoms with Crippen LogP contribution in [0.25, 0.3) is 0 Å². The quantitative estimate of drug-likeness (QED) is 0.694. The molecule has 0 unspecified atom stereocenters. The van der Waals surface area contributed by atoms with Crippen molar-refractivity contribution < 1.29 is 9.52 Å². The third-order valence-corrected chi connectivity index (χ3v) is 4.40. The van der Waals surface area contributed by atoms with Crippen molar-refractivity contribution in [3.8, 4) is 0 Å². The van der Waals surface area contributed by atoms with E-state index < -0.39 is 0 Å². The summed E-state index contributed by atoms with van der Waals surface area (Å²) in [5.74, 6) is 0.491. The Bertz CT molecular complexity index is 700. The maximum Gasteiger partial charge on any atom is 0.261 e. The van der Waals surface area contributed by atoms with Crippen LogP contribution in [0, 0.1) is 11.1 Å². The number of nitrogens with zero attached hydrogens (tertiary/aromatic N) is 2. The third-order valence-electron chi connectivity index (χ3n) is 4.40. The van der Waals surface area contributed by atoms with Crippen LogP contribution in [0.4, 0.5) is 5.69 Å². The Morgan fingerprint density at radius 2 is 2.12 bits per heavy atom. The summed E-state index contributed by atoms with van der Waals surface area (Å²) in [5, 5.41) is 14.1. The molecule has 5 heteroatoms. The maximum absolute atomic E-state index is 12.1. The number of carbonyl (C=O) groups is 1. The molecule has 2 heterocycles. The molecule has 1 fully saturated rings. The molecule has 24 heavy (non-hydrogen) atoms. The van der Waals surface area contributed by atoms with Gasteiger partial charge in [-0.3, -0.25) is 9.69 Å². The first-order valence-corrected chi connectivity index (χ1v) is 8.41. The molecule has 2 aromatic rings. The van der Waals surface area contributed by atoms with Gasteiger partial charge in [-0.05, 0) is 49.1 Å². The molecule has 1 aliphatic heterocycles. The van der Waals surface area contributed by atoms with Gasteiger partial charge < -0.3 is 10.5 Å². The number of hydrogen-bond acceptors (Lipinski definition) is 3. The average molecular weight is 325 g/mol. The highest BCUT2D eigenvalue weighted by Gasteiger charge is 2.16. The van der Waals surface area contributed by atoms with Crippen LogP contribution in [-0.2, 0) is 6.54 Å². The Balaban J connectivity index is 1.59. The van der Waals surface area contributed by atoms with Crippen LogP contribution in [0.15, 0.2) is 48.8 Å². The van der Waals surface area contributed by atoms with E-state index >= 15 is 0 Å². The molecule has 0 bridgehead atoms. The molecule has 0 aliphatic carbocycles. The molecule has 3 rings (SSSR count). The molecule has 0 spiro atoms. The molecular formula is C19H23N3O2. The summed E-state index contributed by atoms with van der Waals surface area (Å²) in [7, 11) is 0. The number of piperidine rings is 1. The van der Waals surface area contributed by atoms with Crippen LogP contribution in [0.5, 0.6) is 0 Å². The molecule has 1 aromatic heterocycles. The lowest BCUT2D eigenvalue weighted by atomic mass is 10.00. The van der Waals surface area contributed by atoms with E-state index in [1.54, 1.807) is 12.1 Å². The first-order chi connectivity index (χ1) is 11.6. The summed E-state index contributed by atoms with van der Waals surface area (Å²) in [6.07, 6.45) is 5.21. The van der Waals surface area contributed by atoms with Crippen molar-refractivity contribution >= 4 is 11.6 Å². The molecular weight excluding hydrogens is 302 g/mol. The largest absolute Gasteiger partial charge is 0.619 e. The van der Waals surface area contributed by atoms with Gasteiger partial charge in [0.05, 0.1) is 0 Å². The van der Waals surface area contributed by atoms with Crippen LogP contribution in [0.2, 0.25) is 0 Å². The van der Waals surface area contributed by atoms with Crippen molar-refractivity contribution in [1.29, 1.82) is 0 Å². The summed E-state index contributed by atoms with van der Waals surface area (Å²) < 4.78 is 0.623. The zero-order valence-corrected chi connectivity index (χ0v) is 13.9. The molecule has 1 atom stereocenters. The number of pyridine rings is 1. The number of rotatable bonds is 4. The highest BCUT2D eigenvalue weighted by Crippen LogP contribution is 2.19. The molecule has 1 saturated heterocycles. The van der Waals surface area contributed by atoms with Crippen LogP contribution >= 0.6 is 0 Å². The lowest BCUT2D eigenvalue weighted by molar-refractivity contribution is -0.605. The van der Waals surface area contributed by atoms with Gasteiger partial charge in [0.2, 0.25) is 0 Å². The Kier molecular flexibility index (Phi) is 5.11. The highest BCUT2D eigenvalue weighted by molar-refractivity contribution is 6.03. The van der Waals surface area contributed by atoms with Crippen molar-refractivity contribution in [2.75, 3.05) is 18.4 Å². The van der Waals surface area contributed by atoms with E-state index in [0.717, 1.165) is 31.2 Å². The Hall–Kier alpha value is -2.40. The summed E-state index contributed by atoms with van der Waals surface area (Å²) in [6, 6.07) is 11.1. The summed E-state index contributed by atoms with van der Waals surface area (Å²) in [5.41, 5.74) is 2.33. The lowest BCUT2D eigenvalue weighted by Gasteiger charge is -2.30. The minimum absolute atomic E-state index is 0.280. The molecule has 126 valence electrons. The van der Waals surface area contributed by atoms with E-state index in [0.29, 0.717) is 10.3 Å². The topological polar surface area (TPSA) is 59.3 Å². The predicted molar refractivity (Wildman–Crippen MR) is 93.5 cm³/mol. The fourth-order valence-electron chi connectivity index (χ4n) is 3.17. The van der Waals surface area contributed by atoms with Crippen molar-refractivity contribution in [2.45, 2.75) is 26.3 Å². The van der Waals surface area contributed by atoms with Gasteiger partial charge in [-0.25, -0.2) is 0 Å². The molecule has 0 radical (unpaired) electrons. The summed E-state index contributed by atoms with van der Waals surface area (Å²) in [4.78, 5) is 14.6. The van der Waals surface area contributed by atoms with Gasteiger partial charge in [0.15, 0.2) is 12.4 Å². The second-order valence-corrected chi connectivity index (χ2v) is 6.59. The molecule has 1 N–H and O–H groups in total. The standard InChI is InChI=1S/C19H23N3O2/c1-15-4-2-10-21(12-15)13-16-6-8-18(9-7-16)20-19(23)17-5-3-11-22(24)14-17/h3,5-9,11,14-15H,2,4,10,12-13H2,1H3,(H,20,23)/t15-/m1/s1. The third kappa shape index (κ3) is 4.32. The Labute approximate surface area is 142 Å². The van der Waals surface area contributed by atoms with E-state index in [-0.39, 0.29) is 5.91 Å². The van der Waals surface area contributed by atoms with Gasteiger partial charge in [0, 0.05) is 24.8 Å². The van der Waals surface area contributed by atoms with Crippen molar-refractivity contribution in [3.63, 3.8) is 0 Å². The number of nitrogens with one attached hydrogen (secondary N) is 1. The SMILES string of the molecule is C[C@@H]1CCCN(Cc2ccc(NC(=O)c3ccc[n+]([O-])c3)cc2)C1.